The van der Waals surface area contributed by atoms with Gasteiger partial charge in [-0.1, -0.05) is 17.7 Å². The Hall–Kier alpha value is -1.81. The lowest BCUT2D eigenvalue weighted by Gasteiger charge is -2.06. The van der Waals surface area contributed by atoms with E-state index in [9.17, 15) is 18.0 Å². The maximum Gasteiger partial charge on any atom is 0.170 e. The van der Waals surface area contributed by atoms with E-state index in [1.165, 1.54) is 19.1 Å². The quantitative estimate of drug-likeness (QED) is 0.763. The minimum absolute atomic E-state index is 0.106. The Morgan fingerprint density at radius 2 is 1.75 bits per heavy atom. The third kappa shape index (κ3) is 3.02. The van der Waals surface area contributed by atoms with E-state index < -0.39 is 23.2 Å². The summed E-state index contributed by atoms with van der Waals surface area (Å²) in [5, 5.41) is -0.106. The summed E-state index contributed by atoms with van der Waals surface area (Å²) in [5.41, 5.74) is 0.457. The lowest BCUT2D eigenvalue weighted by molar-refractivity contribution is 0.0989. The van der Waals surface area contributed by atoms with E-state index >= 15 is 0 Å². The molecule has 2 aromatic rings. The molecule has 0 bridgehead atoms. The van der Waals surface area contributed by atoms with Gasteiger partial charge in [-0.2, -0.15) is 0 Å². The first-order valence-electron chi connectivity index (χ1n) is 5.81. The molecular formula is C15H10ClF3O. The van der Waals surface area contributed by atoms with Gasteiger partial charge in [-0.15, -0.1) is 0 Å². The lowest BCUT2D eigenvalue weighted by Crippen LogP contribution is -2.07. The second kappa shape index (κ2) is 5.67. The molecule has 0 saturated carbocycles. The molecule has 0 atom stereocenters. The molecule has 0 radical (unpaired) electrons. The highest BCUT2D eigenvalue weighted by Crippen LogP contribution is 2.19. The number of benzene rings is 2. The second-order valence-electron chi connectivity index (χ2n) is 4.43. The van der Waals surface area contributed by atoms with Gasteiger partial charge in [0.05, 0.1) is 10.6 Å². The lowest BCUT2D eigenvalue weighted by atomic mass is 10.0. The molecule has 0 fully saturated rings. The largest absolute Gasteiger partial charge is 0.294 e. The molecule has 104 valence electrons. The van der Waals surface area contributed by atoms with Crippen LogP contribution in [0.5, 0.6) is 0 Å². The molecule has 5 heteroatoms. The van der Waals surface area contributed by atoms with Crippen molar-refractivity contribution < 1.29 is 18.0 Å². The fourth-order valence-electron chi connectivity index (χ4n) is 1.80. The molecule has 0 aliphatic rings. The molecule has 20 heavy (non-hydrogen) atoms. The van der Waals surface area contributed by atoms with Crippen LogP contribution in [0, 0.1) is 24.4 Å². The van der Waals surface area contributed by atoms with Crippen LogP contribution in [0.2, 0.25) is 5.02 Å². The molecule has 0 N–H and O–H groups in total. The van der Waals surface area contributed by atoms with Crippen molar-refractivity contribution in [1.82, 2.24) is 0 Å². The number of aryl methyl sites for hydroxylation is 1. The van der Waals surface area contributed by atoms with Gasteiger partial charge in [0.1, 0.15) is 17.5 Å². The van der Waals surface area contributed by atoms with Crippen LogP contribution in [0.3, 0.4) is 0 Å². The molecule has 2 aromatic carbocycles. The highest BCUT2D eigenvalue weighted by atomic mass is 35.5. The number of Topliss-reactive ketones (excluding diaryl/α,β-unsaturated/α-hetero) is 1. The van der Waals surface area contributed by atoms with E-state index in [1.807, 2.05) is 0 Å². The van der Waals surface area contributed by atoms with Crippen molar-refractivity contribution in [2.45, 2.75) is 13.3 Å². The Labute approximate surface area is 119 Å². The molecule has 0 heterocycles. The maximum atomic E-state index is 13.6. The van der Waals surface area contributed by atoms with Crippen molar-refractivity contribution in [3.05, 3.63) is 69.5 Å². The zero-order valence-electron chi connectivity index (χ0n) is 10.5. The van der Waals surface area contributed by atoms with E-state index in [4.69, 9.17) is 11.6 Å². The Kier molecular flexibility index (Phi) is 4.14. The molecule has 1 nitrogen and oxygen atoms in total. The first-order chi connectivity index (χ1) is 9.38. The van der Waals surface area contributed by atoms with Gasteiger partial charge in [0.25, 0.3) is 0 Å². The minimum atomic E-state index is -0.911. The van der Waals surface area contributed by atoms with Gasteiger partial charge in [0.2, 0.25) is 0 Å². The van der Waals surface area contributed by atoms with Crippen LogP contribution >= 0.6 is 11.6 Å². The van der Waals surface area contributed by atoms with Crippen LogP contribution in [0.25, 0.3) is 0 Å². The summed E-state index contributed by atoms with van der Waals surface area (Å²) in [6, 6.07) is 5.69. The molecule has 0 amide bonds. The smallest absolute Gasteiger partial charge is 0.170 e. The van der Waals surface area contributed by atoms with Crippen LogP contribution in [-0.2, 0) is 6.42 Å². The average molecular weight is 299 g/mol. The summed E-state index contributed by atoms with van der Waals surface area (Å²) in [6.07, 6.45) is -0.137. The average Bonchev–Trinajstić information content (AvgIpc) is 2.38. The van der Waals surface area contributed by atoms with Gasteiger partial charge >= 0.3 is 0 Å². The Morgan fingerprint density at radius 1 is 1.05 bits per heavy atom. The highest BCUT2D eigenvalue weighted by Gasteiger charge is 2.15. The Morgan fingerprint density at radius 3 is 2.40 bits per heavy atom. The van der Waals surface area contributed by atoms with Crippen LogP contribution in [0.4, 0.5) is 13.2 Å². The zero-order valence-corrected chi connectivity index (χ0v) is 11.3. The zero-order chi connectivity index (χ0) is 14.9. The summed E-state index contributed by atoms with van der Waals surface area (Å²) in [5.74, 6) is -2.73. The highest BCUT2D eigenvalue weighted by molar-refractivity contribution is 6.30. The van der Waals surface area contributed by atoms with Crippen molar-refractivity contribution in [2.75, 3.05) is 0 Å². The molecule has 0 aromatic heterocycles. The predicted molar refractivity (Wildman–Crippen MR) is 70.5 cm³/mol. The fraction of sp³-hybridized carbons (Fsp3) is 0.133. The Balaban J connectivity index is 2.28. The monoisotopic (exact) mass is 298 g/mol. The van der Waals surface area contributed by atoms with Crippen molar-refractivity contribution in [3.63, 3.8) is 0 Å². The normalized spacial score (nSPS) is 10.7. The first kappa shape index (κ1) is 14.6. The van der Waals surface area contributed by atoms with Crippen molar-refractivity contribution in [1.29, 1.82) is 0 Å². The number of carbonyl (C=O) groups excluding carboxylic acids is 1. The van der Waals surface area contributed by atoms with Gasteiger partial charge in [0.15, 0.2) is 5.78 Å². The molecule has 0 spiro atoms. The predicted octanol–water partition coefficient (Wildman–Crippen LogP) is 4.49. The van der Waals surface area contributed by atoms with Gasteiger partial charge < -0.3 is 0 Å². The van der Waals surface area contributed by atoms with E-state index in [2.05, 4.69) is 0 Å². The van der Waals surface area contributed by atoms with Crippen molar-refractivity contribution in [3.8, 4) is 0 Å². The SMILES string of the molecule is Cc1cc(C(=O)Cc2ccc(F)c(Cl)c2)c(F)cc1F. The molecular weight excluding hydrogens is 289 g/mol. The molecule has 0 saturated heterocycles. The number of halogens is 4. The van der Waals surface area contributed by atoms with Gasteiger partial charge in [0, 0.05) is 12.5 Å². The van der Waals surface area contributed by atoms with Crippen LogP contribution in [0.15, 0.2) is 30.3 Å². The second-order valence-corrected chi connectivity index (χ2v) is 4.84. The fourth-order valence-corrected chi connectivity index (χ4v) is 2.00. The van der Waals surface area contributed by atoms with Crippen molar-refractivity contribution >= 4 is 17.4 Å². The number of rotatable bonds is 3. The maximum absolute atomic E-state index is 13.6. The van der Waals surface area contributed by atoms with Crippen LogP contribution < -0.4 is 0 Å². The number of carbonyl (C=O) groups is 1. The first-order valence-corrected chi connectivity index (χ1v) is 6.19. The Bertz CT molecular complexity index is 683. The van der Waals surface area contributed by atoms with E-state index in [-0.39, 0.29) is 22.6 Å². The summed E-state index contributed by atoms with van der Waals surface area (Å²) >= 11 is 5.61. The summed E-state index contributed by atoms with van der Waals surface area (Å²) in [4.78, 5) is 12.0. The number of hydrogen-bond acceptors (Lipinski definition) is 1. The third-order valence-corrected chi connectivity index (χ3v) is 3.19. The topological polar surface area (TPSA) is 17.1 Å². The molecule has 2 rings (SSSR count). The van der Waals surface area contributed by atoms with Gasteiger partial charge in [-0.05, 0) is 36.2 Å². The third-order valence-electron chi connectivity index (χ3n) is 2.90. The summed E-state index contributed by atoms with van der Waals surface area (Å²) < 4.78 is 39.7. The van der Waals surface area contributed by atoms with Gasteiger partial charge in [-0.25, -0.2) is 13.2 Å². The number of hydrogen-bond donors (Lipinski definition) is 0. The minimum Gasteiger partial charge on any atom is -0.294 e. The van der Waals surface area contributed by atoms with Crippen molar-refractivity contribution in [2.24, 2.45) is 0 Å². The molecule has 0 aliphatic carbocycles. The van der Waals surface area contributed by atoms with Crippen LogP contribution in [0.1, 0.15) is 21.5 Å². The summed E-state index contributed by atoms with van der Waals surface area (Å²) in [7, 11) is 0. The summed E-state index contributed by atoms with van der Waals surface area (Å²) in [6.45, 7) is 1.44. The van der Waals surface area contributed by atoms with E-state index in [0.717, 1.165) is 12.1 Å². The van der Waals surface area contributed by atoms with E-state index in [1.54, 1.807) is 0 Å². The van der Waals surface area contributed by atoms with Crippen LogP contribution in [-0.4, -0.2) is 5.78 Å². The molecule has 0 aliphatic heterocycles. The molecule has 0 unspecified atom stereocenters. The standard InChI is InChI=1S/C15H10ClF3O/c1-8-4-10(14(19)7-13(8)18)15(20)6-9-2-3-12(17)11(16)5-9/h2-5,7H,6H2,1H3. The van der Waals surface area contributed by atoms with Gasteiger partial charge in [-0.3, -0.25) is 4.79 Å². The van der Waals surface area contributed by atoms with E-state index in [0.29, 0.717) is 11.6 Å². The number of ketones is 1.